The molecule has 1 aliphatic rings. The summed E-state index contributed by atoms with van der Waals surface area (Å²) < 4.78 is 20.3. The lowest BCUT2D eigenvalue weighted by Gasteiger charge is -2.30. The molecule has 1 fully saturated rings. The molecule has 2 atom stereocenters. The minimum atomic E-state index is -0.218. The normalized spacial score (nSPS) is 24.2. The molecular weight excluding hydrogens is 297 g/mol. The third-order valence-corrected chi connectivity index (χ3v) is 4.10. The molecule has 0 saturated heterocycles. The standard InChI is InChI=1S/C14H19BrFNO/c15-12-6-5-11(13(16)7-12)9-18-14-4-2-1-3-10(14)8-17/h5-7,10,14H,1-4,8-9,17H2. The quantitative estimate of drug-likeness (QED) is 0.921. The Kier molecular flexibility index (Phi) is 5.15. The first-order valence-electron chi connectivity index (χ1n) is 6.46. The molecule has 0 aliphatic heterocycles. The van der Waals surface area contributed by atoms with Gasteiger partial charge in [-0.25, -0.2) is 4.39 Å². The Hall–Kier alpha value is -0.450. The second kappa shape index (κ2) is 6.64. The van der Waals surface area contributed by atoms with E-state index in [2.05, 4.69) is 15.9 Å². The number of nitrogens with two attached hydrogens (primary N) is 1. The van der Waals surface area contributed by atoms with Crippen molar-refractivity contribution in [1.29, 1.82) is 0 Å². The lowest BCUT2D eigenvalue weighted by Crippen LogP contribution is -2.33. The van der Waals surface area contributed by atoms with Crippen molar-refractivity contribution in [1.82, 2.24) is 0 Å². The molecule has 0 radical (unpaired) electrons. The summed E-state index contributed by atoms with van der Waals surface area (Å²) in [7, 11) is 0. The maximum absolute atomic E-state index is 13.6. The summed E-state index contributed by atoms with van der Waals surface area (Å²) in [6, 6.07) is 5.07. The van der Waals surface area contributed by atoms with Crippen LogP contribution >= 0.6 is 15.9 Å². The summed E-state index contributed by atoms with van der Waals surface area (Å²) in [6.07, 6.45) is 4.77. The summed E-state index contributed by atoms with van der Waals surface area (Å²) in [5.74, 6) is 0.210. The Morgan fingerprint density at radius 3 is 2.83 bits per heavy atom. The van der Waals surface area contributed by atoms with E-state index in [-0.39, 0.29) is 11.9 Å². The van der Waals surface area contributed by atoms with E-state index < -0.39 is 0 Å². The zero-order valence-corrected chi connectivity index (χ0v) is 12.0. The van der Waals surface area contributed by atoms with Gasteiger partial charge in [0.05, 0.1) is 12.7 Å². The molecule has 1 aromatic carbocycles. The van der Waals surface area contributed by atoms with Crippen molar-refractivity contribution in [3.8, 4) is 0 Å². The maximum Gasteiger partial charge on any atom is 0.129 e. The van der Waals surface area contributed by atoms with Gasteiger partial charge in [0.2, 0.25) is 0 Å². The van der Waals surface area contributed by atoms with E-state index in [1.165, 1.54) is 18.9 Å². The lowest BCUT2D eigenvalue weighted by atomic mass is 9.86. The third kappa shape index (κ3) is 3.53. The van der Waals surface area contributed by atoms with E-state index in [4.69, 9.17) is 10.5 Å². The van der Waals surface area contributed by atoms with Gasteiger partial charge in [-0.05, 0) is 37.4 Å². The predicted octanol–water partition coefficient (Wildman–Crippen LogP) is 3.62. The highest BCUT2D eigenvalue weighted by molar-refractivity contribution is 9.10. The Morgan fingerprint density at radius 2 is 2.11 bits per heavy atom. The highest BCUT2D eigenvalue weighted by atomic mass is 79.9. The molecule has 0 heterocycles. The van der Waals surface area contributed by atoms with Crippen molar-refractivity contribution >= 4 is 15.9 Å². The second-order valence-electron chi connectivity index (χ2n) is 4.87. The summed E-state index contributed by atoms with van der Waals surface area (Å²) in [6.45, 7) is 0.994. The van der Waals surface area contributed by atoms with E-state index >= 15 is 0 Å². The van der Waals surface area contributed by atoms with Crippen molar-refractivity contribution in [3.05, 3.63) is 34.1 Å². The average molecular weight is 316 g/mol. The fourth-order valence-corrected chi connectivity index (χ4v) is 2.83. The Morgan fingerprint density at radius 1 is 1.33 bits per heavy atom. The molecule has 0 aromatic heterocycles. The van der Waals surface area contributed by atoms with Crippen LogP contribution in [0.4, 0.5) is 4.39 Å². The molecule has 2 rings (SSSR count). The van der Waals surface area contributed by atoms with Gasteiger partial charge in [-0.15, -0.1) is 0 Å². The van der Waals surface area contributed by atoms with E-state index in [0.717, 1.165) is 17.3 Å². The monoisotopic (exact) mass is 315 g/mol. The summed E-state index contributed by atoms with van der Waals surface area (Å²) >= 11 is 3.25. The molecule has 2 nitrogen and oxygen atoms in total. The third-order valence-electron chi connectivity index (χ3n) is 3.61. The number of halogens is 2. The average Bonchev–Trinajstić information content (AvgIpc) is 2.38. The minimum absolute atomic E-state index is 0.187. The maximum atomic E-state index is 13.6. The van der Waals surface area contributed by atoms with Gasteiger partial charge in [0.25, 0.3) is 0 Å². The van der Waals surface area contributed by atoms with Gasteiger partial charge in [-0.3, -0.25) is 0 Å². The molecule has 1 aromatic rings. The first-order valence-corrected chi connectivity index (χ1v) is 7.25. The largest absolute Gasteiger partial charge is 0.373 e. The fourth-order valence-electron chi connectivity index (χ4n) is 2.50. The highest BCUT2D eigenvalue weighted by Gasteiger charge is 2.24. The Labute approximate surface area is 116 Å². The number of ether oxygens (including phenoxy) is 1. The van der Waals surface area contributed by atoms with E-state index in [1.54, 1.807) is 6.07 Å². The highest BCUT2D eigenvalue weighted by Crippen LogP contribution is 2.27. The molecular formula is C14H19BrFNO. The summed E-state index contributed by atoms with van der Waals surface area (Å²) in [5, 5.41) is 0. The first kappa shape index (κ1) is 14.0. The zero-order chi connectivity index (χ0) is 13.0. The zero-order valence-electron chi connectivity index (χ0n) is 10.4. The molecule has 1 saturated carbocycles. The molecule has 0 bridgehead atoms. The van der Waals surface area contributed by atoms with Gasteiger partial charge in [0.15, 0.2) is 0 Å². The molecule has 1 aliphatic carbocycles. The van der Waals surface area contributed by atoms with Crippen LogP contribution < -0.4 is 5.73 Å². The molecule has 2 N–H and O–H groups in total. The van der Waals surface area contributed by atoms with E-state index in [9.17, 15) is 4.39 Å². The van der Waals surface area contributed by atoms with Crippen molar-refractivity contribution in [2.24, 2.45) is 11.7 Å². The predicted molar refractivity (Wildman–Crippen MR) is 73.7 cm³/mol. The Bertz CT molecular complexity index is 399. The second-order valence-corrected chi connectivity index (χ2v) is 5.78. The van der Waals surface area contributed by atoms with Crippen LogP contribution in [-0.2, 0) is 11.3 Å². The molecule has 100 valence electrons. The fraction of sp³-hybridized carbons (Fsp3) is 0.571. The molecule has 18 heavy (non-hydrogen) atoms. The van der Waals surface area contributed by atoms with Crippen LogP contribution in [0.3, 0.4) is 0 Å². The van der Waals surface area contributed by atoms with Crippen molar-refractivity contribution < 1.29 is 9.13 Å². The smallest absolute Gasteiger partial charge is 0.129 e. The molecule has 2 unspecified atom stereocenters. The molecule has 0 amide bonds. The van der Waals surface area contributed by atoms with Crippen LogP contribution in [0.2, 0.25) is 0 Å². The molecule has 0 spiro atoms. The molecule has 4 heteroatoms. The number of benzene rings is 1. The van der Waals surface area contributed by atoms with Crippen molar-refractivity contribution in [2.75, 3.05) is 6.54 Å². The minimum Gasteiger partial charge on any atom is -0.373 e. The SMILES string of the molecule is NCC1CCCCC1OCc1ccc(Br)cc1F. The van der Waals surface area contributed by atoms with Crippen LogP contribution in [0.15, 0.2) is 22.7 Å². The summed E-state index contributed by atoms with van der Waals surface area (Å²) in [5.41, 5.74) is 6.36. The van der Waals surface area contributed by atoms with Gasteiger partial charge < -0.3 is 10.5 Å². The van der Waals surface area contributed by atoms with E-state index in [0.29, 0.717) is 24.6 Å². The number of hydrogen-bond donors (Lipinski definition) is 1. The van der Waals surface area contributed by atoms with Gasteiger partial charge >= 0.3 is 0 Å². The first-order chi connectivity index (χ1) is 8.70. The van der Waals surface area contributed by atoms with Gasteiger partial charge in [0, 0.05) is 10.0 Å². The van der Waals surface area contributed by atoms with Crippen LogP contribution in [0.25, 0.3) is 0 Å². The van der Waals surface area contributed by atoms with Gasteiger partial charge in [0.1, 0.15) is 5.82 Å². The van der Waals surface area contributed by atoms with Crippen LogP contribution in [0, 0.1) is 11.7 Å². The van der Waals surface area contributed by atoms with Crippen molar-refractivity contribution in [2.45, 2.75) is 38.4 Å². The van der Waals surface area contributed by atoms with E-state index in [1.807, 2.05) is 6.07 Å². The van der Waals surface area contributed by atoms with Crippen molar-refractivity contribution in [3.63, 3.8) is 0 Å². The van der Waals surface area contributed by atoms with Gasteiger partial charge in [-0.2, -0.15) is 0 Å². The van der Waals surface area contributed by atoms with Gasteiger partial charge in [-0.1, -0.05) is 34.8 Å². The van der Waals surface area contributed by atoms with Crippen LogP contribution in [0.5, 0.6) is 0 Å². The Balaban J connectivity index is 1.93. The van der Waals surface area contributed by atoms with Crippen LogP contribution in [0.1, 0.15) is 31.2 Å². The van der Waals surface area contributed by atoms with Crippen LogP contribution in [-0.4, -0.2) is 12.6 Å². The summed E-state index contributed by atoms with van der Waals surface area (Å²) in [4.78, 5) is 0. The number of hydrogen-bond acceptors (Lipinski definition) is 2. The number of rotatable bonds is 4. The topological polar surface area (TPSA) is 35.2 Å². The lowest BCUT2D eigenvalue weighted by molar-refractivity contribution is -0.0192.